The molecule has 0 amide bonds. The maximum atomic E-state index is 10.9. The van der Waals surface area contributed by atoms with Crippen LogP contribution in [0.5, 0.6) is 11.5 Å². The number of halogens is 1. The van der Waals surface area contributed by atoms with E-state index in [0.717, 1.165) is 11.1 Å². The second kappa shape index (κ2) is 5.27. The Morgan fingerprint density at radius 1 is 1.29 bits per heavy atom. The molecule has 0 fully saturated rings. The molecule has 0 heterocycles. The number of rotatable bonds is 4. The van der Waals surface area contributed by atoms with Crippen molar-refractivity contribution in [3.63, 3.8) is 0 Å². The van der Waals surface area contributed by atoms with E-state index in [1.165, 1.54) is 14.2 Å². The number of carboxylic acids is 1. The average Bonchev–Trinajstić information content (AvgIpc) is 2.31. The Bertz CT molecular complexity index is 443. The molecule has 1 aromatic carbocycles. The maximum absolute atomic E-state index is 10.9. The highest BCUT2D eigenvalue weighted by Crippen LogP contribution is 2.38. The van der Waals surface area contributed by atoms with Crippen LogP contribution in [0.25, 0.3) is 0 Å². The Morgan fingerprint density at radius 2 is 1.88 bits per heavy atom. The monoisotopic (exact) mass is 258 g/mol. The Labute approximate surface area is 105 Å². The maximum Gasteiger partial charge on any atom is 0.326 e. The molecule has 0 aliphatic carbocycles. The van der Waals surface area contributed by atoms with Crippen molar-refractivity contribution >= 4 is 17.6 Å². The van der Waals surface area contributed by atoms with Gasteiger partial charge in [0.15, 0.2) is 5.38 Å². The predicted octanol–water partition coefficient (Wildman–Crippen LogP) is 2.69. The first-order valence-electron chi connectivity index (χ1n) is 5.03. The van der Waals surface area contributed by atoms with Crippen LogP contribution in [0.4, 0.5) is 0 Å². The summed E-state index contributed by atoms with van der Waals surface area (Å²) in [7, 11) is 3.02. The third-order valence-corrected chi connectivity index (χ3v) is 3.16. The van der Waals surface area contributed by atoms with Gasteiger partial charge in [0.2, 0.25) is 0 Å². The molecular formula is C12H15ClO4. The first-order valence-corrected chi connectivity index (χ1v) is 5.46. The van der Waals surface area contributed by atoms with Crippen molar-refractivity contribution in [2.75, 3.05) is 14.2 Å². The third-order valence-electron chi connectivity index (χ3n) is 2.74. The standard InChI is InChI=1S/C12H15ClO4/c1-6-7(2)11(17-4)8(5-9(6)16-3)10(13)12(14)15/h5,10H,1-4H3,(H,14,15). The van der Waals surface area contributed by atoms with Crippen LogP contribution >= 0.6 is 11.6 Å². The first kappa shape index (κ1) is 13.6. The molecule has 1 atom stereocenters. The normalized spacial score (nSPS) is 12.1. The molecule has 0 aromatic heterocycles. The number of ether oxygens (including phenoxy) is 2. The lowest BCUT2D eigenvalue weighted by molar-refractivity contribution is -0.136. The molecule has 1 rings (SSSR count). The summed E-state index contributed by atoms with van der Waals surface area (Å²) in [5.74, 6) is -0.0221. The van der Waals surface area contributed by atoms with Crippen molar-refractivity contribution in [1.29, 1.82) is 0 Å². The van der Waals surface area contributed by atoms with E-state index in [4.69, 9.17) is 26.2 Å². The van der Waals surface area contributed by atoms with Gasteiger partial charge in [0.05, 0.1) is 14.2 Å². The van der Waals surface area contributed by atoms with Gasteiger partial charge < -0.3 is 14.6 Å². The number of methoxy groups -OCH3 is 2. The third kappa shape index (κ3) is 2.47. The quantitative estimate of drug-likeness (QED) is 0.844. The Balaban J connectivity index is 3.47. The van der Waals surface area contributed by atoms with Crippen molar-refractivity contribution in [2.24, 2.45) is 0 Å². The fraction of sp³-hybridized carbons (Fsp3) is 0.417. The van der Waals surface area contributed by atoms with Crippen molar-refractivity contribution in [3.05, 3.63) is 22.8 Å². The van der Waals surface area contributed by atoms with Gasteiger partial charge in [-0.15, -0.1) is 11.6 Å². The highest BCUT2D eigenvalue weighted by atomic mass is 35.5. The minimum atomic E-state index is -1.15. The van der Waals surface area contributed by atoms with E-state index in [9.17, 15) is 4.79 Å². The van der Waals surface area contributed by atoms with Crippen LogP contribution in [0.2, 0.25) is 0 Å². The number of benzene rings is 1. The Morgan fingerprint density at radius 3 is 2.29 bits per heavy atom. The largest absolute Gasteiger partial charge is 0.496 e. The molecular weight excluding hydrogens is 244 g/mol. The van der Waals surface area contributed by atoms with Gasteiger partial charge in [-0.2, -0.15) is 0 Å². The van der Waals surface area contributed by atoms with Gasteiger partial charge in [0.25, 0.3) is 0 Å². The molecule has 0 saturated heterocycles. The zero-order chi connectivity index (χ0) is 13.2. The van der Waals surface area contributed by atoms with Gasteiger partial charge in [-0.25, -0.2) is 0 Å². The number of alkyl halides is 1. The molecule has 17 heavy (non-hydrogen) atoms. The van der Waals surface area contributed by atoms with Crippen LogP contribution in [0, 0.1) is 13.8 Å². The number of carboxylic acid groups (broad SMARTS) is 1. The molecule has 5 heteroatoms. The molecule has 0 spiro atoms. The highest BCUT2D eigenvalue weighted by Gasteiger charge is 2.24. The van der Waals surface area contributed by atoms with Gasteiger partial charge in [-0.1, -0.05) is 0 Å². The molecule has 1 N–H and O–H groups in total. The van der Waals surface area contributed by atoms with Gasteiger partial charge in [-0.3, -0.25) is 4.79 Å². The van der Waals surface area contributed by atoms with Crippen molar-refractivity contribution in [1.82, 2.24) is 0 Å². The fourth-order valence-electron chi connectivity index (χ4n) is 1.69. The van der Waals surface area contributed by atoms with Gasteiger partial charge >= 0.3 is 5.97 Å². The lowest BCUT2D eigenvalue weighted by Gasteiger charge is -2.17. The molecule has 4 nitrogen and oxygen atoms in total. The van der Waals surface area contributed by atoms with E-state index in [-0.39, 0.29) is 0 Å². The smallest absolute Gasteiger partial charge is 0.326 e. The van der Waals surface area contributed by atoms with E-state index in [2.05, 4.69) is 0 Å². The molecule has 1 unspecified atom stereocenters. The molecule has 1 aromatic rings. The number of hydrogen-bond donors (Lipinski definition) is 1. The minimum Gasteiger partial charge on any atom is -0.496 e. The fourth-order valence-corrected chi connectivity index (χ4v) is 1.85. The zero-order valence-corrected chi connectivity index (χ0v) is 11.0. The van der Waals surface area contributed by atoms with Crippen molar-refractivity contribution in [2.45, 2.75) is 19.2 Å². The van der Waals surface area contributed by atoms with Crippen molar-refractivity contribution in [3.8, 4) is 11.5 Å². The zero-order valence-electron chi connectivity index (χ0n) is 10.2. The average molecular weight is 259 g/mol. The van der Waals surface area contributed by atoms with Crippen LogP contribution in [0.15, 0.2) is 6.07 Å². The van der Waals surface area contributed by atoms with Gasteiger partial charge in [0, 0.05) is 5.56 Å². The van der Waals surface area contributed by atoms with E-state index in [1.54, 1.807) is 6.07 Å². The van der Waals surface area contributed by atoms with Crippen LogP contribution in [0.3, 0.4) is 0 Å². The SMILES string of the molecule is COc1cc(C(Cl)C(=O)O)c(OC)c(C)c1C. The van der Waals surface area contributed by atoms with Crippen LogP contribution in [-0.2, 0) is 4.79 Å². The Kier molecular flexibility index (Phi) is 4.23. The molecule has 0 radical (unpaired) electrons. The highest BCUT2D eigenvalue weighted by molar-refractivity contribution is 6.30. The summed E-state index contributed by atoms with van der Waals surface area (Å²) < 4.78 is 10.4. The summed E-state index contributed by atoms with van der Waals surface area (Å²) in [6, 6.07) is 1.60. The number of hydrogen-bond acceptors (Lipinski definition) is 3. The van der Waals surface area contributed by atoms with Gasteiger partial charge in [0.1, 0.15) is 11.5 Å². The second-order valence-corrected chi connectivity index (χ2v) is 4.09. The molecule has 0 aliphatic rings. The van der Waals surface area contributed by atoms with E-state index in [1.807, 2.05) is 13.8 Å². The summed E-state index contributed by atoms with van der Waals surface area (Å²) >= 11 is 5.84. The van der Waals surface area contributed by atoms with E-state index >= 15 is 0 Å². The number of carbonyl (C=O) groups is 1. The Hall–Kier alpha value is -1.42. The summed E-state index contributed by atoms with van der Waals surface area (Å²) in [5, 5.41) is 7.80. The molecule has 0 bridgehead atoms. The van der Waals surface area contributed by atoms with Crippen LogP contribution in [-0.4, -0.2) is 25.3 Å². The lowest BCUT2D eigenvalue weighted by atomic mass is 10.0. The second-order valence-electron chi connectivity index (χ2n) is 3.65. The molecule has 0 saturated carbocycles. The summed E-state index contributed by atoms with van der Waals surface area (Å²) in [5.41, 5.74) is 2.14. The summed E-state index contributed by atoms with van der Waals surface area (Å²) in [4.78, 5) is 10.9. The lowest BCUT2D eigenvalue weighted by Crippen LogP contribution is -2.09. The van der Waals surface area contributed by atoms with Crippen LogP contribution in [0.1, 0.15) is 22.1 Å². The number of aliphatic carboxylic acids is 1. The topological polar surface area (TPSA) is 55.8 Å². The summed E-state index contributed by atoms with van der Waals surface area (Å²) in [6.45, 7) is 3.72. The predicted molar refractivity (Wildman–Crippen MR) is 65.2 cm³/mol. The van der Waals surface area contributed by atoms with Gasteiger partial charge in [-0.05, 0) is 31.0 Å². The summed E-state index contributed by atoms with van der Waals surface area (Å²) in [6.07, 6.45) is 0. The first-order chi connectivity index (χ1) is 7.93. The van der Waals surface area contributed by atoms with E-state index < -0.39 is 11.3 Å². The van der Waals surface area contributed by atoms with Crippen LogP contribution < -0.4 is 9.47 Å². The minimum absolute atomic E-state index is 0.404. The molecule has 0 aliphatic heterocycles. The molecule has 94 valence electrons. The van der Waals surface area contributed by atoms with Crippen molar-refractivity contribution < 1.29 is 19.4 Å². The van der Waals surface area contributed by atoms with E-state index in [0.29, 0.717) is 17.1 Å².